The van der Waals surface area contributed by atoms with Crippen LogP contribution in [0.1, 0.15) is 51.3 Å². The monoisotopic (exact) mass is 278 g/mol. The number of hydrogen-bond donors (Lipinski definition) is 1. The first-order valence-corrected chi connectivity index (χ1v) is 7.65. The molecule has 0 amide bonds. The van der Waals surface area contributed by atoms with E-state index >= 15 is 0 Å². The first-order valence-electron chi connectivity index (χ1n) is 7.65. The molecule has 0 spiro atoms. The second-order valence-electron chi connectivity index (χ2n) is 5.40. The van der Waals surface area contributed by atoms with Crippen LogP contribution in [0.2, 0.25) is 0 Å². The van der Waals surface area contributed by atoms with Crippen molar-refractivity contribution >= 4 is 0 Å². The van der Waals surface area contributed by atoms with Crippen LogP contribution < -0.4 is 10.1 Å². The van der Waals surface area contributed by atoms with Crippen LogP contribution in [0.15, 0.2) is 18.2 Å². The van der Waals surface area contributed by atoms with Gasteiger partial charge >= 0.3 is 0 Å². The Bertz CT molecular complexity index is 406. The Morgan fingerprint density at radius 3 is 2.45 bits per heavy atom. The molecule has 0 aliphatic carbocycles. The average molecular weight is 278 g/mol. The summed E-state index contributed by atoms with van der Waals surface area (Å²) in [7, 11) is 3.74. The Balaban J connectivity index is 3.01. The molecule has 1 rings (SSSR count). The van der Waals surface area contributed by atoms with E-state index < -0.39 is 0 Å². The van der Waals surface area contributed by atoms with Gasteiger partial charge in [-0.1, -0.05) is 19.9 Å². The maximum absolute atomic E-state index is 5.53. The molecule has 3 nitrogen and oxygen atoms in total. The lowest BCUT2D eigenvalue weighted by molar-refractivity contribution is 0.203. The number of rotatable bonds is 8. The molecule has 0 saturated carbocycles. The summed E-state index contributed by atoms with van der Waals surface area (Å²) in [5, 5.41) is 3.29. The van der Waals surface area contributed by atoms with Crippen molar-refractivity contribution in [3.63, 3.8) is 0 Å². The Labute approximate surface area is 124 Å². The number of hydrogen-bond acceptors (Lipinski definition) is 3. The van der Waals surface area contributed by atoms with E-state index in [0.717, 1.165) is 18.8 Å². The van der Waals surface area contributed by atoms with Crippen molar-refractivity contribution in [3.8, 4) is 5.75 Å². The van der Waals surface area contributed by atoms with E-state index in [1.54, 1.807) is 7.11 Å². The van der Waals surface area contributed by atoms with Crippen molar-refractivity contribution in [2.75, 3.05) is 20.7 Å². The molecule has 0 aromatic heterocycles. The lowest BCUT2D eigenvalue weighted by Gasteiger charge is -2.28. The molecule has 0 fully saturated rings. The molecule has 114 valence electrons. The highest BCUT2D eigenvalue weighted by molar-refractivity contribution is 5.38. The van der Waals surface area contributed by atoms with Gasteiger partial charge in [-0.25, -0.2) is 0 Å². The van der Waals surface area contributed by atoms with Gasteiger partial charge in [0.2, 0.25) is 0 Å². The summed E-state index contributed by atoms with van der Waals surface area (Å²) in [6.45, 7) is 10.9. The zero-order chi connectivity index (χ0) is 15.1. The van der Waals surface area contributed by atoms with Crippen LogP contribution in [0.4, 0.5) is 0 Å². The van der Waals surface area contributed by atoms with Crippen LogP contribution >= 0.6 is 0 Å². The molecule has 0 bridgehead atoms. The van der Waals surface area contributed by atoms with Gasteiger partial charge in [0.05, 0.1) is 7.11 Å². The van der Waals surface area contributed by atoms with Crippen molar-refractivity contribution in [2.24, 2.45) is 0 Å². The van der Waals surface area contributed by atoms with Crippen molar-refractivity contribution in [2.45, 2.75) is 52.7 Å². The minimum atomic E-state index is 0.360. The van der Waals surface area contributed by atoms with Crippen molar-refractivity contribution < 1.29 is 4.74 Å². The van der Waals surface area contributed by atoms with Crippen LogP contribution in [0.5, 0.6) is 5.75 Å². The number of methoxy groups -OCH3 is 1. The maximum atomic E-state index is 5.53. The molecule has 1 N–H and O–H groups in total. The van der Waals surface area contributed by atoms with Crippen LogP contribution in [0.3, 0.4) is 0 Å². The number of ether oxygens (including phenoxy) is 1. The van der Waals surface area contributed by atoms with Crippen molar-refractivity contribution in [1.29, 1.82) is 0 Å². The Morgan fingerprint density at radius 2 is 1.95 bits per heavy atom. The first-order chi connectivity index (χ1) is 9.57. The van der Waals surface area contributed by atoms with Gasteiger partial charge in [0.15, 0.2) is 0 Å². The molecule has 0 heterocycles. The average Bonchev–Trinajstić information content (AvgIpc) is 2.50. The van der Waals surface area contributed by atoms with Gasteiger partial charge in [-0.3, -0.25) is 4.90 Å². The number of nitrogens with one attached hydrogen (secondary N) is 1. The van der Waals surface area contributed by atoms with Gasteiger partial charge in [-0.05, 0) is 51.6 Å². The predicted octanol–water partition coefficient (Wildman–Crippen LogP) is 3.60. The fraction of sp³-hybridized carbons (Fsp3) is 0.647. The molecule has 0 aliphatic rings. The van der Waals surface area contributed by atoms with Crippen LogP contribution in [0.25, 0.3) is 0 Å². The summed E-state index contributed by atoms with van der Waals surface area (Å²) in [6, 6.07) is 7.45. The summed E-state index contributed by atoms with van der Waals surface area (Å²) in [5.74, 6) is 0.985. The van der Waals surface area contributed by atoms with Crippen molar-refractivity contribution in [3.05, 3.63) is 29.3 Å². The first kappa shape index (κ1) is 17.0. The van der Waals surface area contributed by atoms with E-state index in [1.165, 1.54) is 17.5 Å². The summed E-state index contributed by atoms with van der Waals surface area (Å²) in [5.41, 5.74) is 2.58. The molecule has 0 saturated heterocycles. The van der Waals surface area contributed by atoms with E-state index in [9.17, 15) is 0 Å². The lowest BCUT2D eigenvalue weighted by atomic mass is 10.0. The SMILES string of the molecule is CCC(C)N(CC)Cc1cc(C(C)NC)ccc1OC. The molecular formula is C17H30N2O. The van der Waals surface area contributed by atoms with Gasteiger partial charge < -0.3 is 10.1 Å². The summed E-state index contributed by atoms with van der Waals surface area (Å²) >= 11 is 0. The normalized spacial score (nSPS) is 14.3. The fourth-order valence-corrected chi connectivity index (χ4v) is 2.41. The molecule has 3 heteroatoms. The standard InChI is InChI=1S/C17H30N2O/c1-7-13(3)19(8-2)12-16-11-15(14(4)18-5)9-10-17(16)20-6/h9-11,13-14,18H,7-8,12H2,1-6H3. The number of benzene rings is 1. The predicted molar refractivity (Wildman–Crippen MR) is 86.3 cm³/mol. The largest absolute Gasteiger partial charge is 0.496 e. The Kier molecular flexibility index (Phi) is 7.03. The molecule has 20 heavy (non-hydrogen) atoms. The van der Waals surface area contributed by atoms with Gasteiger partial charge in [0.25, 0.3) is 0 Å². The highest BCUT2D eigenvalue weighted by Crippen LogP contribution is 2.25. The van der Waals surface area contributed by atoms with Gasteiger partial charge in [0, 0.05) is 24.2 Å². The third-order valence-electron chi connectivity index (χ3n) is 4.23. The zero-order valence-electron chi connectivity index (χ0n) is 13.9. The van der Waals surface area contributed by atoms with E-state index in [2.05, 4.69) is 56.1 Å². The number of nitrogens with zero attached hydrogens (tertiary/aromatic N) is 1. The quantitative estimate of drug-likeness (QED) is 0.786. The molecule has 0 aliphatic heterocycles. The highest BCUT2D eigenvalue weighted by atomic mass is 16.5. The smallest absolute Gasteiger partial charge is 0.123 e. The minimum Gasteiger partial charge on any atom is -0.496 e. The van der Waals surface area contributed by atoms with E-state index in [4.69, 9.17) is 4.74 Å². The second-order valence-corrected chi connectivity index (χ2v) is 5.40. The van der Waals surface area contributed by atoms with E-state index in [-0.39, 0.29) is 0 Å². The highest BCUT2D eigenvalue weighted by Gasteiger charge is 2.14. The topological polar surface area (TPSA) is 24.5 Å². The van der Waals surface area contributed by atoms with Crippen LogP contribution in [-0.2, 0) is 6.54 Å². The Morgan fingerprint density at radius 1 is 1.25 bits per heavy atom. The third kappa shape index (κ3) is 4.22. The molecule has 0 radical (unpaired) electrons. The molecule has 2 unspecified atom stereocenters. The second kappa shape index (κ2) is 8.28. The fourth-order valence-electron chi connectivity index (χ4n) is 2.41. The zero-order valence-corrected chi connectivity index (χ0v) is 13.9. The van der Waals surface area contributed by atoms with Crippen LogP contribution in [-0.4, -0.2) is 31.6 Å². The van der Waals surface area contributed by atoms with Gasteiger partial charge in [-0.2, -0.15) is 0 Å². The van der Waals surface area contributed by atoms with Crippen LogP contribution in [0, 0.1) is 0 Å². The van der Waals surface area contributed by atoms with E-state index in [1.807, 2.05) is 7.05 Å². The lowest BCUT2D eigenvalue weighted by Crippen LogP contribution is -2.32. The maximum Gasteiger partial charge on any atom is 0.123 e. The summed E-state index contributed by atoms with van der Waals surface area (Å²) in [6.07, 6.45) is 1.17. The van der Waals surface area contributed by atoms with Crippen molar-refractivity contribution in [1.82, 2.24) is 10.2 Å². The summed E-state index contributed by atoms with van der Waals surface area (Å²) < 4.78 is 5.53. The van der Waals surface area contributed by atoms with Gasteiger partial charge in [0.1, 0.15) is 5.75 Å². The molecule has 2 atom stereocenters. The van der Waals surface area contributed by atoms with Gasteiger partial charge in [-0.15, -0.1) is 0 Å². The summed E-state index contributed by atoms with van der Waals surface area (Å²) in [4.78, 5) is 2.49. The molecule has 1 aromatic rings. The Hall–Kier alpha value is -1.06. The minimum absolute atomic E-state index is 0.360. The van der Waals surface area contributed by atoms with E-state index in [0.29, 0.717) is 12.1 Å². The third-order valence-corrected chi connectivity index (χ3v) is 4.23. The molecular weight excluding hydrogens is 248 g/mol. The molecule has 1 aromatic carbocycles.